The second-order valence-corrected chi connectivity index (χ2v) is 7.21. The topological polar surface area (TPSA) is 49.3 Å². The van der Waals surface area contributed by atoms with Gasteiger partial charge >= 0.3 is 0 Å². The molecule has 20 heavy (non-hydrogen) atoms. The predicted octanol–water partition coefficient (Wildman–Crippen LogP) is 3.67. The molecule has 0 fully saturated rings. The van der Waals surface area contributed by atoms with Crippen LogP contribution in [-0.4, -0.2) is 16.6 Å². The molecule has 0 heterocycles. The van der Waals surface area contributed by atoms with E-state index in [9.17, 15) is 14.3 Å². The van der Waals surface area contributed by atoms with Crippen LogP contribution in [0.1, 0.15) is 63.0 Å². The molecule has 0 saturated heterocycles. The number of aromatic hydroxyl groups is 1. The van der Waals surface area contributed by atoms with E-state index in [2.05, 4.69) is 5.32 Å². The summed E-state index contributed by atoms with van der Waals surface area (Å²) in [4.78, 5) is 12.1. The number of nitrogens with one attached hydrogen (secondary N) is 1. The standard InChI is InChI=1S/C16H24FNO2/c1-9-10(15(2,3)4)8-11(19)12(13(9)17)14(20)18-16(5,6)7/h8,19H,1-7H3,(H,18,20). The molecule has 0 unspecified atom stereocenters. The molecule has 0 aliphatic carbocycles. The van der Waals surface area contributed by atoms with Crippen LogP contribution in [0, 0.1) is 12.7 Å². The van der Waals surface area contributed by atoms with Crippen molar-refractivity contribution in [2.24, 2.45) is 0 Å². The Morgan fingerprint density at radius 1 is 1.20 bits per heavy atom. The van der Waals surface area contributed by atoms with Crippen molar-refractivity contribution in [2.75, 3.05) is 0 Å². The Kier molecular flexibility index (Phi) is 4.18. The van der Waals surface area contributed by atoms with Gasteiger partial charge in [-0.3, -0.25) is 4.79 Å². The van der Waals surface area contributed by atoms with Crippen molar-refractivity contribution in [2.45, 2.75) is 59.4 Å². The van der Waals surface area contributed by atoms with Crippen molar-refractivity contribution in [1.29, 1.82) is 0 Å². The number of halogens is 1. The maximum absolute atomic E-state index is 14.5. The normalized spacial score (nSPS) is 12.4. The van der Waals surface area contributed by atoms with Gasteiger partial charge in [0.2, 0.25) is 0 Å². The zero-order valence-corrected chi connectivity index (χ0v) is 13.3. The number of hydrogen-bond donors (Lipinski definition) is 2. The van der Waals surface area contributed by atoms with Crippen molar-refractivity contribution in [3.8, 4) is 5.75 Å². The maximum Gasteiger partial charge on any atom is 0.258 e. The monoisotopic (exact) mass is 281 g/mol. The lowest BCUT2D eigenvalue weighted by molar-refractivity contribution is 0.0912. The molecule has 0 aliphatic heterocycles. The minimum Gasteiger partial charge on any atom is -0.507 e. The Hall–Kier alpha value is -1.58. The van der Waals surface area contributed by atoms with Crippen LogP contribution in [0.3, 0.4) is 0 Å². The fourth-order valence-electron chi connectivity index (χ4n) is 2.13. The molecule has 0 atom stereocenters. The first-order chi connectivity index (χ1) is 8.84. The number of benzene rings is 1. The van der Waals surface area contributed by atoms with Crippen molar-refractivity contribution in [3.63, 3.8) is 0 Å². The Bertz CT molecular complexity index is 537. The molecule has 2 N–H and O–H groups in total. The van der Waals surface area contributed by atoms with E-state index in [1.807, 2.05) is 20.8 Å². The largest absolute Gasteiger partial charge is 0.507 e. The molecule has 1 rings (SSSR count). The second-order valence-electron chi connectivity index (χ2n) is 7.21. The van der Waals surface area contributed by atoms with Crippen LogP contribution in [-0.2, 0) is 5.41 Å². The average Bonchev–Trinajstić information content (AvgIpc) is 2.19. The molecule has 0 spiro atoms. The van der Waals surface area contributed by atoms with Crippen molar-refractivity contribution < 1.29 is 14.3 Å². The van der Waals surface area contributed by atoms with Gasteiger partial charge < -0.3 is 10.4 Å². The van der Waals surface area contributed by atoms with E-state index in [1.165, 1.54) is 6.07 Å². The van der Waals surface area contributed by atoms with Crippen molar-refractivity contribution >= 4 is 5.91 Å². The first-order valence-electron chi connectivity index (χ1n) is 6.69. The first kappa shape index (κ1) is 16.5. The number of amides is 1. The highest BCUT2D eigenvalue weighted by Crippen LogP contribution is 2.33. The highest BCUT2D eigenvalue weighted by atomic mass is 19.1. The third kappa shape index (κ3) is 3.50. The van der Waals surface area contributed by atoms with Gasteiger partial charge in [0.25, 0.3) is 5.91 Å². The van der Waals surface area contributed by atoms with E-state index in [1.54, 1.807) is 27.7 Å². The molecule has 0 radical (unpaired) electrons. The number of carbonyl (C=O) groups excluding carboxylic acids is 1. The van der Waals surface area contributed by atoms with E-state index in [4.69, 9.17) is 0 Å². The molecule has 0 aliphatic rings. The fraction of sp³-hybridized carbons (Fsp3) is 0.562. The van der Waals surface area contributed by atoms with Crippen LogP contribution in [0.4, 0.5) is 4.39 Å². The van der Waals surface area contributed by atoms with Gasteiger partial charge in [0.05, 0.1) is 0 Å². The van der Waals surface area contributed by atoms with Gasteiger partial charge in [-0.2, -0.15) is 0 Å². The molecular formula is C16H24FNO2. The summed E-state index contributed by atoms with van der Waals surface area (Å²) in [6.07, 6.45) is 0. The molecular weight excluding hydrogens is 257 g/mol. The maximum atomic E-state index is 14.5. The molecule has 0 saturated carbocycles. The molecule has 3 nitrogen and oxygen atoms in total. The van der Waals surface area contributed by atoms with Crippen LogP contribution in [0.25, 0.3) is 0 Å². The lowest BCUT2D eigenvalue weighted by Gasteiger charge is -2.25. The zero-order chi connectivity index (χ0) is 15.9. The van der Waals surface area contributed by atoms with E-state index >= 15 is 0 Å². The van der Waals surface area contributed by atoms with Crippen LogP contribution in [0.5, 0.6) is 5.75 Å². The molecule has 4 heteroatoms. The van der Waals surface area contributed by atoms with Crippen LogP contribution < -0.4 is 5.32 Å². The second kappa shape index (κ2) is 5.08. The molecule has 1 aromatic carbocycles. The lowest BCUT2D eigenvalue weighted by atomic mass is 9.83. The molecule has 112 valence electrons. The summed E-state index contributed by atoms with van der Waals surface area (Å²) in [7, 11) is 0. The van der Waals surface area contributed by atoms with E-state index in [0.717, 1.165) is 0 Å². The van der Waals surface area contributed by atoms with E-state index in [-0.39, 0.29) is 16.7 Å². The Morgan fingerprint density at radius 3 is 2.10 bits per heavy atom. The molecule has 0 bridgehead atoms. The van der Waals surface area contributed by atoms with Gasteiger partial charge in [-0.1, -0.05) is 20.8 Å². The number of phenols is 1. The summed E-state index contributed by atoms with van der Waals surface area (Å²) in [5.41, 5.74) is 0.00756. The molecule has 0 aromatic heterocycles. The van der Waals surface area contributed by atoms with Crippen molar-refractivity contribution in [1.82, 2.24) is 5.32 Å². The Morgan fingerprint density at radius 2 is 1.70 bits per heavy atom. The summed E-state index contributed by atoms with van der Waals surface area (Å²) in [5, 5.41) is 12.7. The van der Waals surface area contributed by atoms with Crippen molar-refractivity contribution in [3.05, 3.63) is 28.6 Å². The average molecular weight is 281 g/mol. The number of hydrogen-bond acceptors (Lipinski definition) is 2. The van der Waals surface area contributed by atoms with Gasteiger partial charge in [-0.15, -0.1) is 0 Å². The molecule has 1 aromatic rings. The Balaban J connectivity index is 3.39. The smallest absolute Gasteiger partial charge is 0.258 e. The van der Waals surface area contributed by atoms with Gasteiger partial charge in [-0.05, 0) is 50.3 Å². The molecule has 1 amide bonds. The third-order valence-corrected chi connectivity index (χ3v) is 3.01. The number of rotatable bonds is 1. The fourth-order valence-corrected chi connectivity index (χ4v) is 2.13. The summed E-state index contributed by atoms with van der Waals surface area (Å²) in [6, 6.07) is 1.48. The summed E-state index contributed by atoms with van der Waals surface area (Å²) in [6.45, 7) is 12.8. The summed E-state index contributed by atoms with van der Waals surface area (Å²) >= 11 is 0. The van der Waals surface area contributed by atoms with Gasteiger partial charge in [0, 0.05) is 5.54 Å². The minimum absolute atomic E-state index is 0.287. The predicted molar refractivity (Wildman–Crippen MR) is 78.7 cm³/mol. The number of carbonyl (C=O) groups is 1. The zero-order valence-electron chi connectivity index (χ0n) is 13.3. The first-order valence-corrected chi connectivity index (χ1v) is 6.69. The highest BCUT2D eigenvalue weighted by Gasteiger charge is 2.27. The van der Waals surface area contributed by atoms with Gasteiger partial charge in [0.1, 0.15) is 17.1 Å². The quantitative estimate of drug-likeness (QED) is 0.825. The van der Waals surface area contributed by atoms with Crippen LogP contribution in [0.2, 0.25) is 0 Å². The van der Waals surface area contributed by atoms with E-state index < -0.39 is 17.3 Å². The third-order valence-electron chi connectivity index (χ3n) is 3.01. The SMILES string of the molecule is Cc1c(C(C)(C)C)cc(O)c(C(=O)NC(C)(C)C)c1F. The van der Waals surface area contributed by atoms with Gasteiger partial charge in [0.15, 0.2) is 0 Å². The summed E-state index contributed by atoms with van der Waals surface area (Å²) in [5.74, 6) is -1.58. The van der Waals surface area contributed by atoms with E-state index in [0.29, 0.717) is 11.1 Å². The van der Waals surface area contributed by atoms with Crippen LogP contribution in [0.15, 0.2) is 6.07 Å². The number of phenolic OH excluding ortho intramolecular Hbond substituents is 1. The van der Waals surface area contributed by atoms with Gasteiger partial charge in [-0.25, -0.2) is 4.39 Å². The Labute approximate surface area is 120 Å². The van der Waals surface area contributed by atoms with Crippen LogP contribution >= 0.6 is 0 Å². The minimum atomic E-state index is -0.656. The summed E-state index contributed by atoms with van der Waals surface area (Å²) < 4.78 is 14.5. The highest BCUT2D eigenvalue weighted by molar-refractivity contribution is 5.98. The lowest BCUT2D eigenvalue weighted by Crippen LogP contribution is -2.41.